The number of halogens is 2. The topological polar surface area (TPSA) is 38.1 Å². The van der Waals surface area contributed by atoms with Gasteiger partial charge >= 0.3 is 0 Å². The standard InChI is InChI=1S/C14H16ClFN2O/c1-8-5-4-6-10(14(8)16)12(19)7-11-13(15)9(2)17-18(11)3/h4-6,12,19H,7H2,1-3H3. The quantitative estimate of drug-likeness (QED) is 0.939. The van der Waals surface area contributed by atoms with Crippen LogP contribution in [0.2, 0.25) is 5.02 Å². The van der Waals surface area contributed by atoms with Crippen molar-refractivity contribution in [3.05, 3.63) is 51.6 Å². The molecule has 0 aliphatic carbocycles. The van der Waals surface area contributed by atoms with Crippen molar-refractivity contribution >= 4 is 11.6 Å². The van der Waals surface area contributed by atoms with E-state index >= 15 is 0 Å². The molecule has 2 aromatic rings. The fourth-order valence-corrected chi connectivity index (χ4v) is 2.36. The number of hydrogen-bond acceptors (Lipinski definition) is 2. The molecule has 1 aromatic carbocycles. The summed E-state index contributed by atoms with van der Waals surface area (Å²) < 4.78 is 15.6. The minimum Gasteiger partial charge on any atom is -0.388 e. The summed E-state index contributed by atoms with van der Waals surface area (Å²) in [6.45, 7) is 3.47. The highest BCUT2D eigenvalue weighted by atomic mass is 35.5. The second kappa shape index (κ2) is 5.31. The van der Waals surface area contributed by atoms with Crippen molar-refractivity contribution in [2.24, 2.45) is 7.05 Å². The second-order valence-electron chi connectivity index (χ2n) is 4.67. The van der Waals surface area contributed by atoms with Crippen LogP contribution >= 0.6 is 11.6 Å². The van der Waals surface area contributed by atoms with Crippen LogP contribution < -0.4 is 0 Å². The van der Waals surface area contributed by atoms with Crippen molar-refractivity contribution in [2.45, 2.75) is 26.4 Å². The van der Waals surface area contributed by atoms with E-state index in [0.717, 1.165) is 0 Å². The van der Waals surface area contributed by atoms with Gasteiger partial charge in [-0.2, -0.15) is 5.10 Å². The van der Waals surface area contributed by atoms with Gasteiger partial charge < -0.3 is 5.11 Å². The van der Waals surface area contributed by atoms with Gasteiger partial charge in [0.25, 0.3) is 0 Å². The average molecular weight is 283 g/mol. The van der Waals surface area contributed by atoms with Gasteiger partial charge in [0.05, 0.1) is 22.5 Å². The molecule has 2 rings (SSSR count). The smallest absolute Gasteiger partial charge is 0.131 e. The van der Waals surface area contributed by atoms with Crippen LogP contribution in [0.15, 0.2) is 18.2 Å². The van der Waals surface area contributed by atoms with Gasteiger partial charge in [-0.25, -0.2) is 4.39 Å². The summed E-state index contributed by atoms with van der Waals surface area (Å²) in [4.78, 5) is 0. The molecule has 0 spiro atoms. The van der Waals surface area contributed by atoms with Crippen LogP contribution in [0, 0.1) is 19.7 Å². The summed E-state index contributed by atoms with van der Waals surface area (Å²) in [7, 11) is 1.76. The summed E-state index contributed by atoms with van der Waals surface area (Å²) in [5, 5.41) is 14.9. The summed E-state index contributed by atoms with van der Waals surface area (Å²) in [6, 6.07) is 4.99. The fourth-order valence-electron chi connectivity index (χ4n) is 2.12. The predicted octanol–water partition coefficient (Wildman–Crippen LogP) is 3.11. The third-order valence-electron chi connectivity index (χ3n) is 3.23. The molecular weight excluding hydrogens is 267 g/mol. The van der Waals surface area contributed by atoms with Gasteiger partial charge in [0.1, 0.15) is 5.82 Å². The molecule has 19 heavy (non-hydrogen) atoms. The number of aryl methyl sites for hydroxylation is 3. The molecule has 0 saturated carbocycles. The van der Waals surface area contributed by atoms with Crippen LogP contribution in [-0.2, 0) is 13.5 Å². The first-order chi connectivity index (χ1) is 8.91. The van der Waals surface area contributed by atoms with Crippen LogP contribution in [0.4, 0.5) is 4.39 Å². The summed E-state index contributed by atoms with van der Waals surface area (Å²) in [5.74, 6) is -0.370. The monoisotopic (exact) mass is 282 g/mol. The van der Waals surface area contributed by atoms with Crippen LogP contribution in [-0.4, -0.2) is 14.9 Å². The SMILES string of the molecule is Cc1cccc(C(O)Cc2c(Cl)c(C)nn2C)c1F. The van der Waals surface area contributed by atoms with Crippen molar-refractivity contribution in [3.8, 4) is 0 Å². The maximum absolute atomic E-state index is 13.9. The van der Waals surface area contributed by atoms with E-state index in [1.807, 2.05) is 0 Å². The zero-order valence-corrected chi connectivity index (χ0v) is 11.9. The molecule has 1 heterocycles. The largest absolute Gasteiger partial charge is 0.388 e. The lowest BCUT2D eigenvalue weighted by atomic mass is 10.0. The molecule has 5 heteroatoms. The molecule has 102 valence electrons. The van der Waals surface area contributed by atoms with E-state index in [9.17, 15) is 9.50 Å². The van der Waals surface area contributed by atoms with Gasteiger partial charge in [0.15, 0.2) is 0 Å². The Morgan fingerprint density at radius 2 is 2.11 bits per heavy atom. The number of benzene rings is 1. The van der Waals surface area contributed by atoms with E-state index in [1.54, 1.807) is 43.8 Å². The Balaban J connectivity index is 2.31. The van der Waals surface area contributed by atoms with E-state index in [1.165, 1.54) is 0 Å². The Morgan fingerprint density at radius 1 is 1.42 bits per heavy atom. The number of aromatic nitrogens is 2. The van der Waals surface area contributed by atoms with Gasteiger partial charge in [0.2, 0.25) is 0 Å². The van der Waals surface area contributed by atoms with E-state index < -0.39 is 6.10 Å². The van der Waals surface area contributed by atoms with Crippen molar-refractivity contribution < 1.29 is 9.50 Å². The summed E-state index contributed by atoms with van der Waals surface area (Å²) >= 11 is 6.13. The number of hydrogen-bond donors (Lipinski definition) is 1. The first-order valence-corrected chi connectivity index (χ1v) is 6.40. The third-order valence-corrected chi connectivity index (χ3v) is 3.72. The average Bonchev–Trinajstić information content (AvgIpc) is 2.59. The van der Waals surface area contributed by atoms with Crippen molar-refractivity contribution in [1.82, 2.24) is 9.78 Å². The second-order valence-corrected chi connectivity index (χ2v) is 5.05. The van der Waals surface area contributed by atoms with Crippen LogP contribution in [0.25, 0.3) is 0 Å². The van der Waals surface area contributed by atoms with E-state index in [4.69, 9.17) is 11.6 Å². The number of aliphatic hydroxyl groups is 1. The zero-order valence-electron chi connectivity index (χ0n) is 11.1. The molecule has 1 aromatic heterocycles. The van der Waals surface area contributed by atoms with Gasteiger partial charge in [-0.15, -0.1) is 0 Å². The molecule has 0 radical (unpaired) electrons. The first-order valence-electron chi connectivity index (χ1n) is 6.03. The molecule has 0 aliphatic rings. The number of aliphatic hydroxyl groups excluding tert-OH is 1. The lowest BCUT2D eigenvalue weighted by molar-refractivity contribution is 0.171. The highest BCUT2D eigenvalue weighted by molar-refractivity contribution is 6.31. The third kappa shape index (κ3) is 2.65. The number of nitrogens with zero attached hydrogens (tertiary/aromatic N) is 2. The van der Waals surface area contributed by atoms with Gasteiger partial charge in [-0.3, -0.25) is 4.68 Å². The van der Waals surface area contributed by atoms with Crippen LogP contribution in [0.5, 0.6) is 0 Å². The normalized spacial score (nSPS) is 12.7. The molecule has 0 saturated heterocycles. The van der Waals surface area contributed by atoms with Gasteiger partial charge in [-0.1, -0.05) is 29.8 Å². The van der Waals surface area contributed by atoms with Crippen molar-refractivity contribution in [2.75, 3.05) is 0 Å². The number of rotatable bonds is 3. The maximum Gasteiger partial charge on any atom is 0.131 e. The van der Waals surface area contributed by atoms with E-state index in [2.05, 4.69) is 5.10 Å². The Hall–Kier alpha value is -1.39. The molecule has 3 nitrogen and oxygen atoms in total. The predicted molar refractivity (Wildman–Crippen MR) is 72.8 cm³/mol. The minimum atomic E-state index is -0.938. The molecule has 0 aliphatic heterocycles. The lowest BCUT2D eigenvalue weighted by Gasteiger charge is -2.13. The highest BCUT2D eigenvalue weighted by Crippen LogP contribution is 2.27. The van der Waals surface area contributed by atoms with Crippen LogP contribution in [0.3, 0.4) is 0 Å². The zero-order chi connectivity index (χ0) is 14.2. The molecule has 1 N–H and O–H groups in total. The molecular formula is C14H16ClFN2O. The summed E-state index contributed by atoms with van der Waals surface area (Å²) in [6.07, 6.45) is -0.705. The Bertz CT molecular complexity index is 610. The van der Waals surface area contributed by atoms with Crippen molar-refractivity contribution in [3.63, 3.8) is 0 Å². The molecule has 0 fully saturated rings. The Kier molecular flexibility index (Phi) is 3.92. The molecule has 1 unspecified atom stereocenters. The minimum absolute atomic E-state index is 0.233. The molecule has 0 amide bonds. The van der Waals surface area contributed by atoms with Crippen molar-refractivity contribution in [1.29, 1.82) is 0 Å². The van der Waals surface area contributed by atoms with Crippen LogP contribution in [0.1, 0.15) is 28.6 Å². The maximum atomic E-state index is 13.9. The lowest BCUT2D eigenvalue weighted by Crippen LogP contribution is -2.09. The first kappa shape index (κ1) is 14.0. The van der Waals surface area contributed by atoms with E-state index in [-0.39, 0.29) is 17.8 Å². The van der Waals surface area contributed by atoms with Gasteiger partial charge in [-0.05, 0) is 19.4 Å². The Morgan fingerprint density at radius 3 is 2.68 bits per heavy atom. The fraction of sp³-hybridized carbons (Fsp3) is 0.357. The molecule has 1 atom stereocenters. The summed E-state index contributed by atoms with van der Waals surface area (Å²) in [5.41, 5.74) is 2.21. The van der Waals surface area contributed by atoms with Gasteiger partial charge in [0, 0.05) is 19.0 Å². The Labute approximate surface area is 116 Å². The molecule has 0 bridgehead atoms. The van der Waals surface area contributed by atoms with E-state index in [0.29, 0.717) is 22.0 Å². The highest BCUT2D eigenvalue weighted by Gasteiger charge is 2.19.